The summed E-state index contributed by atoms with van der Waals surface area (Å²) in [6, 6.07) is 12.0. The summed E-state index contributed by atoms with van der Waals surface area (Å²) in [6.45, 7) is 0.595. The fraction of sp³-hybridized carbons (Fsp3) is 0.261. The molecular weight excluding hydrogens is 402 g/mol. The van der Waals surface area contributed by atoms with E-state index in [4.69, 9.17) is 15.7 Å². The van der Waals surface area contributed by atoms with Gasteiger partial charge in [-0.25, -0.2) is 13.8 Å². The highest BCUT2D eigenvalue weighted by Crippen LogP contribution is 2.29. The van der Waals surface area contributed by atoms with Crippen LogP contribution < -0.4 is 10.5 Å². The lowest BCUT2D eigenvalue weighted by atomic mass is 9.99. The van der Waals surface area contributed by atoms with Crippen LogP contribution in [0.3, 0.4) is 0 Å². The summed E-state index contributed by atoms with van der Waals surface area (Å²) in [5, 5.41) is 9.00. The molecule has 0 radical (unpaired) electrons. The molecule has 31 heavy (non-hydrogen) atoms. The van der Waals surface area contributed by atoms with E-state index in [0.717, 1.165) is 6.07 Å². The average molecular weight is 424 g/mol. The van der Waals surface area contributed by atoms with Crippen LogP contribution in [0.25, 0.3) is 11.3 Å². The zero-order chi connectivity index (χ0) is 22.4. The fourth-order valence-electron chi connectivity index (χ4n) is 3.27. The number of aliphatic imine (C=N–C) groups is 1. The molecule has 2 N–H and O–H groups in total. The van der Waals surface area contributed by atoms with Crippen molar-refractivity contribution in [3.05, 3.63) is 65.0 Å². The van der Waals surface area contributed by atoms with Crippen molar-refractivity contribution < 1.29 is 18.3 Å². The number of carbonyl (C=O) groups excluding carboxylic acids is 1. The van der Waals surface area contributed by atoms with Crippen LogP contribution in [0.15, 0.2) is 47.5 Å². The third-order valence-corrected chi connectivity index (χ3v) is 5.11. The first-order valence-corrected chi connectivity index (χ1v) is 9.68. The summed E-state index contributed by atoms with van der Waals surface area (Å²) in [7, 11) is 1.53. The van der Waals surface area contributed by atoms with E-state index >= 15 is 0 Å². The van der Waals surface area contributed by atoms with Gasteiger partial charge in [0.15, 0.2) is 6.29 Å². The number of piperidine rings is 1. The Bertz CT molecular complexity index is 1040. The minimum absolute atomic E-state index is 0.0820. The maximum absolute atomic E-state index is 14.3. The third-order valence-electron chi connectivity index (χ3n) is 5.11. The topological polar surface area (TPSA) is 91.7 Å². The molecule has 0 saturated carbocycles. The van der Waals surface area contributed by atoms with Crippen LogP contribution in [-0.4, -0.2) is 49.9 Å². The maximum Gasteiger partial charge on any atom is 0.152 e. The van der Waals surface area contributed by atoms with Crippen molar-refractivity contribution in [3.8, 4) is 11.8 Å². The number of halogens is 2. The molecule has 1 aliphatic heterocycles. The molecule has 1 aliphatic rings. The Hall–Kier alpha value is -3.57. The molecule has 1 fully saturated rings. The second-order valence-electron chi connectivity index (χ2n) is 7.12. The quantitative estimate of drug-likeness (QED) is 0.253. The Morgan fingerprint density at radius 1 is 1.29 bits per heavy atom. The number of benzene rings is 2. The number of allylic oxidation sites excluding steroid dienone is 1. The Labute approximate surface area is 179 Å². The molecule has 2 atom stereocenters. The molecule has 160 valence electrons. The Morgan fingerprint density at radius 2 is 2.00 bits per heavy atom. The Balaban J connectivity index is 2.07. The number of nitriles is 1. The lowest BCUT2D eigenvalue weighted by Gasteiger charge is -2.31. The molecule has 2 aromatic carbocycles. The highest BCUT2D eigenvalue weighted by molar-refractivity contribution is 6.17. The molecule has 1 saturated heterocycles. The van der Waals surface area contributed by atoms with Crippen LogP contribution in [0.2, 0.25) is 0 Å². The average Bonchev–Trinajstić information content (AvgIpc) is 2.79. The van der Waals surface area contributed by atoms with Gasteiger partial charge in [0.25, 0.3) is 0 Å². The predicted molar refractivity (Wildman–Crippen MR) is 115 cm³/mol. The van der Waals surface area contributed by atoms with Crippen molar-refractivity contribution in [1.29, 1.82) is 5.26 Å². The highest BCUT2D eigenvalue weighted by Gasteiger charge is 2.25. The van der Waals surface area contributed by atoms with Crippen LogP contribution in [0.4, 0.5) is 8.78 Å². The van der Waals surface area contributed by atoms with Gasteiger partial charge < -0.3 is 15.4 Å². The van der Waals surface area contributed by atoms with Gasteiger partial charge in [-0.05, 0) is 36.2 Å². The number of rotatable bonds is 6. The number of hydrogen-bond donors (Lipinski definition) is 1. The van der Waals surface area contributed by atoms with Crippen LogP contribution >= 0.6 is 0 Å². The molecule has 6 nitrogen and oxygen atoms in total. The van der Waals surface area contributed by atoms with Gasteiger partial charge in [-0.1, -0.05) is 18.2 Å². The number of likely N-dealkylation sites (tertiary alicyclic amines) is 1. The number of carbonyl (C=O) groups is 1. The number of nitrogens with zero attached hydrogens (tertiary/aromatic N) is 3. The zero-order valence-corrected chi connectivity index (χ0v) is 17.0. The molecule has 8 heteroatoms. The van der Waals surface area contributed by atoms with Gasteiger partial charge in [0, 0.05) is 23.7 Å². The summed E-state index contributed by atoms with van der Waals surface area (Å²) < 4.78 is 33.4. The number of aldehydes is 1. The summed E-state index contributed by atoms with van der Waals surface area (Å²) >= 11 is 0. The smallest absolute Gasteiger partial charge is 0.152 e. The molecule has 0 unspecified atom stereocenters. The molecule has 2 aromatic rings. The van der Waals surface area contributed by atoms with E-state index in [1.54, 1.807) is 35.2 Å². The van der Waals surface area contributed by atoms with E-state index in [1.165, 1.54) is 25.6 Å². The first-order chi connectivity index (χ1) is 15.0. The number of hydrogen-bond acceptors (Lipinski definition) is 5. The zero-order valence-electron chi connectivity index (χ0n) is 17.0. The van der Waals surface area contributed by atoms with Crippen LogP contribution in [-0.2, 0) is 4.79 Å². The minimum atomic E-state index is -1.19. The lowest BCUT2D eigenvalue weighted by molar-refractivity contribution is -0.103. The van der Waals surface area contributed by atoms with Crippen molar-refractivity contribution in [3.63, 3.8) is 0 Å². The standard InChI is InChI=1S/C23H22F2N4O2/c1-31-18-6-4-15(5-7-18)19(13-30)23(16-2-3-17(11-26)20(24)10-16)28-14-29-9-8-22(27)21(25)12-29/h2-7,10,13-14,21-22H,8-9,12,27H2,1H3/b23-19+,28-14+/t21-,22+/m1/s1. The second kappa shape index (κ2) is 9.96. The molecule has 0 spiro atoms. The van der Waals surface area contributed by atoms with E-state index in [1.807, 2.05) is 0 Å². The summed E-state index contributed by atoms with van der Waals surface area (Å²) in [6.07, 6.45) is 1.36. The SMILES string of the molecule is COc1ccc(/C(C=O)=C(/N=C/N2CC[C@H](N)[C@H](F)C2)c2ccc(C#N)c(F)c2)cc1. The van der Waals surface area contributed by atoms with E-state index < -0.39 is 18.0 Å². The van der Waals surface area contributed by atoms with Crippen molar-refractivity contribution in [2.24, 2.45) is 10.7 Å². The number of ether oxygens (including phenoxy) is 1. The van der Waals surface area contributed by atoms with Crippen LogP contribution in [0, 0.1) is 17.1 Å². The molecule has 1 heterocycles. The molecule has 0 aliphatic carbocycles. The van der Waals surface area contributed by atoms with Gasteiger partial charge in [0.05, 0.1) is 31.3 Å². The van der Waals surface area contributed by atoms with Gasteiger partial charge in [-0.3, -0.25) is 4.79 Å². The highest BCUT2D eigenvalue weighted by atomic mass is 19.1. The molecule has 0 amide bonds. The van der Waals surface area contributed by atoms with Gasteiger partial charge >= 0.3 is 0 Å². The van der Waals surface area contributed by atoms with Crippen molar-refractivity contribution in [1.82, 2.24) is 4.90 Å². The lowest BCUT2D eigenvalue weighted by Crippen LogP contribution is -2.47. The van der Waals surface area contributed by atoms with E-state index in [0.29, 0.717) is 36.1 Å². The first-order valence-electron chi connectivity index (χ1n) is 9.68. The van der Waals surface area contributed by atoms with Crippen molar-refractivity contribution in [2.45, 2.75) is 18.6 Å². The van der Waals surface area contributed by atoms with E-state index in [2.05, 4.69) is 4.99 Å². The summed E-state index contributed by atoms with van der Waals surface area (Å²) in [4.78, 5) is 18.1. The molecule has 0 bridgehead atoms. The van der Waals surface area contributed by atoms with Crippen LogP contribution in [0.1, 0.15) is 23.1 Å². The second-order valence-corrected chi connectivity index (χ2v) is 7.12. The Kier molecular flexibility index (Phi) is 7.11. The third kappa shape index (κ3) is 5.13. The van der Waals surface area contributed by atoms with Gasteiger partial charge in [-0.15, -0.1) is 0 Å². The maximum atomic E-state index is 14.3. The first kappa shape index (κ1) is 22.1. The van der Waals surface area contributed by atoms with Gasteiger partial charge in [0.1, 0.15) is 23.8 Å². The summed E-state index contributed by atoms with van der Waals surface area (Å²) in [5.41, 5.74) is 6.89. The largest absolute Gasteiger partial charge is 0.497 e. The summed E-state index contributed by atoms with van der Waals surface area (Å²) in [5.74, 6) is -0.109. The molecule has 0 aromatic heterocycles. The number of nitrogens with two attached hydrogens (primary N) is 1. The van der Waals surface area contributed by atoms with Gasteiger partial charge in [0.2, 0.25) is 0 Å². The van der Waals surface area contributed by atoms with E-state index in [9.17, 15) is 13.6 Å². The van der Waals surface area contributed by atoms with Gasteiger partial charge in [-0.2, -0.15) is 5.26 Å². The molecule has 3 rings (SSSR count). The fourth-order valence-corrected chi connectivity index (χ4v) is 3.27. The van der Waals surface area contributed by atoms with Crippen molar-refractivity contribution in [2.75, 3.05) is 20.2 Å². The number of methoxy groups -OCH3 is 1. The predicted octanol–water partition coefficient (Wildman–Crippen LogP) is 3.17. The minimum Gasteiger partial charge on any atom is -0.497 e. The van der Waals surface area contributed by atoms with Crippen LogP contribution in [0.5, 0.6) is 5.75 Å². The monoisotopic (exact) mass is 424 g/mol. The van der Waals surface area contributed by atoms with Crippen molar-refractivity contribution >= 4 is 23.9 Å². The normalized spacial score (nSPS) is 19.6. The molecular formula is C23H22F2N4O2. The van der Waals surface area contributed by atoms with E-state index in [-0.39, 0.29) is 23.4 Å². The Morgan fingerprint density at radius 3 is 2.58 bits per heavy atom. The number of alkyl halides is 1.